The van der Waals surface area contributed by atoms with Crippen molar-refractivity contribution in [3.63, 3.8) is 0 Å². The van der Waals surface area contributed by atoms with Crippen LogP contribution in [0.2, 0.25) is 0 Å². The predicted octanol–water partition coefficient (Wildman–Crippen LogP) is 4.31. The minimum absolute atomic E-state index is 0.0642. The second-order valence-corrected chi connectivity index (χ2v) is 4.40. The zero-order valence-corrected chi connectivity index (χ0v) is 10.4. The fraction of sp³-hybridized carbons (Fsp3) is 0.0769. The first-order valence-electron chi connectivity index (χ1n) is 4.97. The summed E-state index contributed by atoms with van der Waals surface area (Å²) in [5.41, 5.74) is 0.420. The van der Waals surface area contributed by atoms with Crippen molar-refractivity contribution in [1.29, 1.82) is 0 Å². The lowest BCUT2D eigenvalue weighted by Gasteiger charge is -2.07. The van der Waals surface area contributed by atoms with Crippen molar-refractivity contribution in [2.24, 2.45) is 0 Å². The quantitative estimate of drug-likeness (QED) is 0.820. The Hall–Kier alpha value is -1.42. The number of ether oxygens (including phenoxy) is 1. The Balaban J connectivity index is 2.09. The maximum atomic E-state index is 13.4. The molecule has 2 aromatic carbocycles. The Morgan fingerprint density at radius 1 is 1.06 bits per heavy atom. The molecule has 88 valence electrons. The molecule has 17 heavy (non-hydrogen) atoms. The minimum Gasteiger partial charge on any atom is -0.489 e. The normalized spacial score (nSPS) is 10.3. The van der Waals surface area contributed by atoms with E-state index >= 15 is 0 Å². The summed E-state index contributed by atoms with van der Waals surface area (Å²) in [5.74, 6) is -0.341. The van der Waals surface area contributed by atoms with Gasteiger partial charge in [0, 0.05) is 16.1 Å². The third kappa shape index (κ3) is 3.27. The van der Waals surface area contributed by atoms with Gasteiger partial charge in [0.05, 0.1) is 0 Å². The van der Waals surface area contributed by atoms with Crippen molar-refractivity contribution in [1.82, 2.24) is 0 Å². The highest BCUT2D eigenvalue weighted by molar-refractivity contribution is 9.10. The molecule has 0 heterocycles. The number of hydrogen-bond donors (Lipinski definition) is 0. The van der Waals surface area contributed by atoms with Crippen LogP contribution >= 0.6 is 15.9 Å². The lowest BCUT2D eigenvalue weighted by Crippen LogP contribution is -1.98. The highest BCUT2D eigenvalue weighted by atomic mass is 79.9. The molecule has 0 N–H and O–H groups in total. The van der Waals surface area contributed by atoms with Gasteiger partial charge in [-0.2, -0.15) is 0 Å². The van der Waals surface area contributed by atoms with Gasteiger partial charge in [-0.05, 0) is 30.3 Å². The molecule has 0 unspecified atom stereocenters. The van der Waals surface area contributed by atoms with Gasteiger partial charge in [-0.15, -0.1) is 0 Å². The Morgan fingerprint density at radius 3 is 2.65 bits per heavy atom. The van der Waals surface area contributed by atoms with E-state index in [0.29, 0.717) is 11.3 Å². The molecule has 0 spiro atoms. The van der Waals surface area contributed by atoms with E-state index in [9.17, 15) is 8.78 Å². The molecule has 0 aliphatic heterocycles. The summed E-state index contributed by atoms with van der Waals surface area (Å²) in [4.78, 5) is 0. The van der Waals surface area contributed by atoms with Crippen LogP contribution in [0.4, 0.5) is 8.78 Å². The second-order valence-electron chi connectivity index (χ2n) is 3.48. The van der Waals surface area contributed by atoms with Gasteiger partial charge in [-0.25, -0.2) is 8.78 Å². The van der Waals surface area contributed by atoms with Gasteiger partial charge >= 0.3 is 0 Å². The molecule has 0 aliphatic carbocycles. The van der Waals surface area contributed by atoms with E-state index in [0.717, 1.165) is 4.47 Å². The molecule has 0 aromatic heterocycles. The van der Waals surface area contributed by atoms with Gasteiger partial charge in [0.2, 0.25) is 0 Å². The van der Waals surface area contributed by atoms with Gasteiger partial charge in [0.25, 0.3) is 0 Å². The molecule has 2 aromatic rings. The van der Waals surface area contributed by atoms with Crippen LogP contribution in [0.1, 0.15) is 5.56 Å². The van der Waals surface area contributed by atoms with E-state index in [1.54, 1.807) is 24.3 Å². The standard InChI is InChI=1S/C13H9BrF2O/c14-10-4-5-13(16)9(6-10)8-17-12-3-1-2-11(15)7-12/h1-7H,8H2. The van der Waals surface area contributed by atoms with Crippen LogP contribution in [0, 0.1) is 11.6 Å². The van der Waals surface area contributed by atoms with Gasteiger partial charge < -0.3 is 4.74 Å². The fourth-order valence-electron chi connectivity index (χ4n) is 1.37. The summed E-state index contributed by atoms with van der Waals surface area (Å²) in [6, 6.07) is 10.4. The summed E-state index contributed by atoms with van der Waals surface area (Å²) in [7, 11) is 0. The number of hydrogen-bond acceptors (Lipinski definition) is 1. The van der Waals surface area contributed by atoms with Crippen molar-refractivity contribution >= 4 is 15.9 Å². The Morgan fingerprint density at radius 2 is 1.88 bits per heavy atom. The SMILES string of the molecule is Fc1cccc(OCc2cc(Br)ccc2F)c1. The number of rotatable bonds is 3. The predicted molar refractivity (Wildman–Crippen MR) is 64.8 cm³/mol. The molecular formula is C13H9BrF2O. The van der Waals surface area contributed by atoms with Crippen molar-refractivity contribution in [3.8, 4) is 5.75 Å². The van der Waals surface area contributed by atoms with Crippen LogP contribution < -0.4 is 4.74 Å². The van der Waals surface area contributed by atoms with Gasteiger partial charge in [-0.1, -0.05) is 22.0 Å². The second kappa shape index (κ2) is 5.27. The van der Waals surface area contributed by atoms with Crippen molar-refractivity contribution in [3.05, 3.63) is 64.1 Å². The highest BCUT2D eigenvalue weighted by Gasteiger charge is 2.04. The van der Waals surface area contributed by atoms with E-state index in [1.807, 2.05) is 0 Å². The molecule has 0 aliphatic rings. The lowest BCUT2D eigenvalue weighted by molar-refractivity contribution is 0.298. The van der Waals surface area contributed by atoms with Crippen LogP contribution in [-0.2, 0) is 6.61 Å². The third-order valence-corrected chi connectivity index (χ3v) is 2.69. The monoisotopic (exact) mass is 298 g/mol. The molecule has 0 bridgehead atoms. The minimum atomic E-state index is -0.378. The van der Waals surface area contributed by atoms with Gasteiger partial charge in [-0.3, -0.25) is 0 Å². The van der Waals surface area contributed by atoms with Crippen LogP contribution in [0.5, 0.6) is 5.75 Å². The summed E-state index contributed by atoms with van der Waals surface area (Å²) < 4.78 is 32.3. The molecule has 4 heteroatoms. The average Bonchev–Trinajstić information content (AvgIpc) is 2.30. The first kappa shape index (κ1) is 12.0. The maximum absolute atomic E-state index is 13.4. The van der Waals surface area contributed by atoms with Gasteiger partial charge in [0.15, 0.2) is 0 Å². The first-order valence-corrected chi connectivity index (χ1v) is 5.77. The zero-order valence-electron chi connectivity index (χ0n) is 8.79. The lowest BCUT2D eigenvalue weighted by atomic mass is 10.2. The van der Waals surface area contributed by atoms with Crippen molar-refractivity contribution < 1.29 is 13.5 Å². The summed E-state index contributed by atoms with van der Waals surface area (Å²) >= 11 is 3.25. The Labute approximate surface area is 106 Å². The first-order chi connectivity index (χ1) is 8.15. The fourth-order valence-corrected chi connectivity index (χ4v) is 1.78. The van der Waals surface area contributed by atoms with E-state index in [4.69, 9.17) is 4.74 Å². The number of benzene rings is 2. The molecule has 0 saturated carbocycles. The van der Waals surface area contributed by atoms with E-state index in [1.165, 1.54) is 18.2 Å². The van der Waals surface area contributed by atoms with Crippen LogP contribution in [0.3, 0.4) is 0 Å². The maximum Gasteiger partial charge on any atom is 0.129 e. The molecule has 0 saturated heterocycles. The van der Waals surface area contributed by atoms with Crippen LogP contribution in [0.15, 0.2) is 46.9 Å². The molecule has 0 atom stereocenters. The molecule has 2 rings (SSSR count). The Kier molecular flexibility index (Phi) is 3.74. The summed E-state index contributed by atoms with van der Waals surface area (Å²) in [5, 5.41) is 0. The van der Waals surface area contributed by atoms with E-state index in [-0.39, 0.29) is 18.2 Å². The summed E-state index contributed by atoms with van der Waals surface area (Å²) in [6.07, 6.45) is 0. The largest absolute Gasteiger partial charge is 0.489 e. The molecule has 0 radical (unpaired) electrons. The number of halogens is 3. The van der Waals surface area contributed by atoms with E-state index in [2.05, 4.69) is 15.9 Å². The molecule has 0 amide bonds. The smallest absolute Gasteiger partial charge is 0.129 e. The van der Waals surface area contributed by atoms with E-state index < -0.39 is 0 Å². The highest BCUT2D eigenvalue weighted by Crippen LogP contribution is 2.18. The van der Waals surface area contributed by atoms with Crippen molar-refractivity contribution in [2.75, 3.05) is 0 Å². The molecular weight excluding hydrogens is 290 g/mol. The summed E-state index contributed by atoms with van der Waals surface area (Å²) in [6.45, 7) is 0.0642. The average molecular weight is 299 g/mol. The molecule has 1 nitrogen and oxygen atoms in total. The van der Waals surface area contributed by atoms with Crippen molar-refractivity contribution in [2.45, 2.75) is 6.61 Å². The third-order valence-electron chi connectivity index (χ3n) is 2.20. The van der Waals surface area contributed by atoms with Crippen LogP contribution in [-0.4, -0.2) is 0 Å². The van der Waals surface area contributed by atoms with Crippen LogP contribution in [0.25, 0.3) is 0 Å². The topological polar surface area (TPSA) is 9.23 Å². The van der Waals surface area contributed by atoms with Gasteiger partial charge in [0.1, 0.15) is 24.0 Å². The molecule has 0 fully saturated rings. The zero-order chi connectivity index (χ0) is 12.3. The Bertz CT molecular complexity index is 529.